The molecule has 1 heterocycles. The molecule has 0 radical (unpaired) electrons. The molecule has 2 aliphatic rings. The van der Waals surface area contributed by atoms with Crippen LogP contribution < -0.4 is 22.1 Å². The van der Waals surface area contributed by atoms with Crippen LogP contribution in [-0.4, -0.2) is 60.4 Å². The highest BCUT2D eigenvalue weighted by molar-refractivity contribution is 5.98. The predicted molar refractivity (Wildman–Crippen MR) is 175 cm³/mol. The van der Waals surface area contributed by atoms with Gasteiger partial charge in [-0.2, -0.15) is 0 Å². The van der Waals surface area contributed by atoms with Crippen LogP contribution in [0.15, 0.2) is 108 Å². The maximum Gasteiger partial charge on any atom is 0.251 e. The number of nitrogens with zero attached hydrogens (tertiary/aromatic N) is 2. The Morgan fingerprint density at radius 2 is 1.59 bits per heavy atom. The molecule has 4 aromatic carbocycles. The average Bonchev–Trinajstić information content (AvgIpc) is 3.78. The predicted octanol–water partition coefficient (Wildman–Crippen LogP) is 4.01. The minimum atomic E-state index is -0.689. The van der Waals surface area contributed by atoms with E-state index >= 15 is 0 Å². The monoisotopic (exact) mass is 588 g/mol. The molecule has 2 fully saturated rings. The van der Waals surface area contributed by atoms with E-state index in [2.05, 4.69) is 39.9 Å². The van der Waals surface area contributed by atoms with Gasteiger partial charge in [0.15, 0.2) is 5.96 Å². The molecule has 4 aromatic rings. The maximum atomic E-state index is 14.4. The van der Waals surface area contributed by atoms with Gasteiger partial charge in [0.2, 0.25) is 5.91 Å². The van der Waals surface area contributed by atoms with Gasteiger partial charge in [-0.15, -0.1) is 0 Å². The fraction of sp³-hybridized carbons (Fsp3) is 0.306. The maximum absolute atomic E-state index is 14.4. The summed E-state index contributed by atoms with van der Waals surface area (Å²) in [6, 6.07) is 34.5. The topological polar surface area (TPSA) is 126 Å². The Balaban J connectivity index is 1.21. The molecule has 226 valence electrons. The summed E-state index contributed by atoms with van der Waals surface area (Å²) < 4.78 is 0. The van der Waals surface area contributed by atoms with Crippen LogP contribution in [-0.2, 0) is 4.79 Å². The van der Waals surface area contributed by atoms with E-state index in [4.69, 9.17) is 11.5 Å². The molecule has 6 N–H and O–H groups in total. The summed E-state index contributed by atoms with van der Waals surface area (Å²) in [4.78, 5) is 33.8. The lowest BCUT2D eigenvalue weighted by molar-refractivity contribution is -0.134. The standard InChI is InChI=1S/C36H40N6O2/c37-35(38)39-19-17-30-22-36(30)34(44)42(24-32(26-10-3-1-4-11-26)27-12-5-2-6-13-27)20-18-31(41-36)23-40-33(43)29-16-15-25-9-7-8-14-28(25)21-29/h1-16,21,30-32,41H,17-20,22-24H2,(H,40,43)(H4,37,38,39)/t30?,31-,36?/m0/s1. The molecule has 0 bridgehead atoms. The molecule has 1 aliphatic carbocycles. The van der Waals surface area contributed by atoms with Crippen molar-refractivity contribution in [1.82, 2.24) is 15.5 Å². The lowest BCUT2D eigenvalue weighted by atomic mass is 9.90. The molecule has 8 nitrogen and oxygen atoms in total. The van der Waals surface area contributed by atoms with Crippen molar-refractivity contribution in [3.63, 3.8) is 0 Å². The number of nitrogens with two attached hydrogens (primary N) is 2. The summed E-state index contributed by atoms with van der Waals surface area (Å²) in [7, 11) is 0. The van der Waals surface area contributed by atoms with Crippen LogP contribution in [0.2, 0.25) is 0 Å². The van der Waals surface area contributed by atoms with E-state index in [9.17, 15) is 9.59 Å². The van der Waals surface area contributed by atoms with Crippen molar-refractivity contribution in [3.05, 3.63) is 120 Å². The minimum absolute atomic E-state index is 0.0430. The summed E-state index contributed by atoms with van der Waals surface area (Å²) in [5.74, 6) is 0.217. The van der Waals surface area contributed by atoms with E-state index in [1.807, 2.05) is 83.8 Å². The first-order valence-corrected chi connectivity index (χ1v) is 15.4. The van der Waals surface area contributed by atoms with Gasteiger partial charge in [-0.1, -0.05) is 91.0 Å². The number of rotatable bonds is 10. The molecule has 1 saturated carbocycles. The second-order valence-corrected chi connectivity index (χ2v) is 12.0. The van der Waals surface area contributed by atoms with Gasteiger partial charge in [0.05, 0.1) is 0 Å². The van der Waals surface area contributed by atoms with Gasteiger partial charge in [-0.05, 0) is 59.2 Å². The van der Waals surface area contributed by atoms with Gasteiger partial charge in [0.1, 0.15) is 5.54 Å². The van der Waals surface area contributed by atoms with Crippen LogP contribution in [0.4, 0.5) is 0 Å². The number of hydrogen-bond acceptors (Lipinski definition) is 4. The van der Waals surface area contributed by atoms with Gasteiger partial charge >= 0.3 is 0 Å². The number of hydrogen-bond donors (Lipinski definition) is 4. The SMILES string of the molecule is NC(N)=NCCC1CC12N[C@H](CNC(=O)c1ccc3ccccc3c1)CCN(CC(c1ccccc1)c1ccccc1)C2=O. The van der Waals surface area contributed by atoms with Gasteiger partial charge < -0.3 is 21.7 Å². The average molecular weight is 589 g/mol. The summed E-state index contributed by atoms with van der Waals surface area (Å²) in [5, 5.41) is 8.97. The zero-order chi connectivity index (χ0) is 30.5. The Hall–Kier alpha value is -4.69. The highest BCUT2D eigenvalue weighted by Crippen LogP contribution is 2.49. The Kier molecular flexibility index (Phi) is 8.61. The molecule has 1 spiro atoms. The van der Waals surface area contributed by atoms with E-state index in [1.54, 1.807) is 0 Å². The molecular weight excluding hydrogens is 548 g/mol. The molecular formula is C36H40N6O2. The van der Waals surface area contributed by atoms with Crippen LogP contribution in [0.1, 0.15) is 46.7 Å². The minimum Gasteiger partial charge on any atom is -0.370 e. The Labute approximate surface area is 258 Å². The largest absolute Gasteiger partial charge is 0.370 e. The van der Waals surface area contributed by atoms with Crippen LogP contribution in [0.25, 0.3) is 10.8 Å². The Morgan fingerprint density at radius 3 is 2.27 bits per heavy atom. The van der Waals surface area contributed by atoms with Crippen molar-refractivity contribution in [2.45, 2.75) is 36.8 Å². The second-order valence-electron chi connectivity index (χ2n) is 12.0. The number of aliphatic imine (C=N–C) groups is 1. The van der Waals surface area contributed by atoms with Crippen LogP contribution in [0, 0.1) is 5.92 Å². The van der Waals surface area contributed by atoms with Crippen molar-refractivity contribution in [2.24, 2.45) is 22.4 Å². The molecule has 2 amide bonds. The summed E-state index contributed by atoms with van der Waals surface area (Å²) in [5.41, 5.74) is 13.4. The molecule has 3 atom stereocenters. The van der Waals surface area contributed by atoms with Crippen LogP contribution in [0.3, 0.4) is 0 Å². The number of carbonyl (C=O) groups excluding carboxylic acids is 2. The first-order valence-electron chi connectivity index (χ1n) is 15.4. The number of amides is 2. The normalized spacial score (nSPS) is 21.3. The number of benzene rings is 4. The van der Waals surface area contributed by atoms with Crippen molar-refractivity contribution in [3.8, 4) is 0 Å². The van der Waals surface area contributed by atoms with Crippen molar-refractivity contribution in [1.29, 1.82) is 0 Å². The number of nitrogens with one attached hydrogen (secondary N) is 2. The quantitative estimate of drug-likeness (QED) is 0.165. The third kappa shape index (κ3) is 6.45. The fourth-order valence-corrected chi connectivity index (χ4v) is 6.63. The van der Waals surface area contributed by atoms with Gasteiger partial charge in [-0.25, -0.2) is 0 Å². The van der Waals surface area contributed by atoms with Crippen molar-refractivity contribution in [2.75, 3.05) is 26.2 Å². The van der Waals surface area contributed by atoms with Crippen LogP contribution in [0.5, 0.6) is 0 Å². The Bertz CT molecular complexity index is 1600. The molecule has 1 saturated heterocycles. The lowest BCUT2D eigenvalue weighted by Crippen LogP contribution is -2.52. The summed E-state index contributed by atoms with van der Waals surface area (Å²) in [6.07, 6.45) is 2.16. The van der Waals surface area contributed by atoms with E-state index in [0.717, 1.165) is 23.6 Å². The highest BCUT2D eigenvalue weighted by atomic mass is 16.2. The number of carbonyl (C=O) groups is 2. The van der Waals surface area contributed by atoms with E-state index in [1.165, 1.54) is 11.1 Å². The third-order valence-corrected chi connectivity index (χ3v) is 9.08. The number of guanidine groups is 1. The molecule has 2 unspecified atom stereocenters. The van der Waals surface area contributed by atoms with E-state index < -0.39 is 5.54 Å². The first kappa shape index (κ1) is 29.4. The lowest BCUT2D eigenvalue weighted by Gasteiger charge is -2.30. The van der Waals surface area contributed by atoms with Crippen molar-refractivity contribution >= 4 is 28.5 Å². The zero-order valence-electron chi connectivity index (χ0n) is 24.9. The van der Waals surface area contributed by atoms with E-state index in [-0.39, 0.29) is 35.7 Å². The molecule has 6 rings (SSSR count). The second kappa shape index (κ2) is 12.9. The molecule has 1 aliphatic heterocycles. The van der Waals surface area contributed by atoms with Gasteiger partial charge in [-0.3, -0.25) is 19.9 Å². The molecule has 44 heavy (non-hydrogen) atoms. The highest BCUT2D eigenvalue weighted by Gasteiger charge is 2.62. The fourth-order valence-electron chi connectivity index (χ4n) is 6.63. The van der Waals surface area contributed by atoms with Crippen LogP contribution >= 0.6 is 0 Å². The zero-order valence-corrected chi connectivity index (χ0v) is 24.9. The third-order valence-electron chi connectivity index (χ3n) is 9.08. The first-order chi connectivity index (χ1) is 21.4. The van der Waals surface area contributed by atoms with E-state index in [0.29, 0.717) is 38.2 Å². The number of fused-ring (bicyclic) bond motifs is 1. The van der Waals surface area contributed by atoms with Gasteiger partial charge in [0.25, 0.3) is 5.91 Å². The summed E-state index contributed by atoms with van der Waals surface area (Å²) >= 11 is 0. The van der Waals surface area contributed by atoms with Gasteiger partial charge in [0, 0.05) is 43.7 Å². The molecule has 0 aromatic heterocycles. The molecule has 8 heteroatoms. The Morgan fingerprint density at radius 1 is 0.932 bits per heavy atom. The van der Waals surface area contributed by atoms with Crippen molar-refractivity contribution < 1.29 is 9.59 Å². The summed E-state index contributed by atoms with van der Waals surface area (Å²) in [6.45, 7) is 2.08. The smallest absolute Gasteiger partial charge is 0.251 e.